The highest BCUT2D eigenvalue weighted by Crippen LogP contribution is 2.33. The smallest absolute Gasteiger partial charge is 0.00994 e. The molecule has 0 unspecified atom stereocenters. The second-order valence-electron chi connectivity index (χ2n) is 5.89. The lowest BCUT2D eigenvalue weighted by molar-refractivity contribution is 0.126. The molecule has 0 saturated heterocycles. The molecule has 0 aliphatic heterocycles. The summed E-state index contributed by atoms with van der Waals surface area (Å²) in [5.74, 6) is 0.807. The van der Waals surface area contributed by atoms with Gasteiger partial charge >= 0.3 is 0 Å². The molecule has 0 atom stereocenters. The van der Waals surface area contributed by atoms with E-state index in [0.717, 1.165) is 18.0 Å². The maximum Gasteiger partial charge on any atom is 0.00994 e. The van der Waals surface area contributed by atoms with Gasteiger partial charge in [0.2, 0.25) is 0 Å². The van der Waals surface area contributed by atoms with E-state index in [1.807, 2.05) is 0 Å². The van der Waals surface area contributed by atoms with Crippen LogP contribution in [0, 0.1) is 5.92 Å². The Morgan fingerprint density at radius 1 is 1.00 bits per heavy atom. The molecule has 0 aromatic heterocycles. The molecule has 0 bridgehead atoms. The van der Waals surface area contributed by atoms with Crippen molar-refractivity contribution in [2.75, 3.05) is 6.54 Å². The lowest BCUT2D eigenvalue weighted by Crippen LogP contribution is -2.43. The van der Waals surface area contributed by atoms with Crippen LogP contribution in [0.3, 0.4) is 0 Å². The van der Waals surface area contributed by atoms with Crippen LogP contribution >= 0.6 is 0 Å². The fraction of sp³-hybridized carbons (Fsp3) is 1.00. The topological polar surface area (TPSA) is 29.3 Å². The highest BCUT2D eigenvalue weighted by Gasteiger charge is 2.35. The Hall–Kier alpha value is -0.0800. The van der Waals surface area contributed by atoms with Crippen LogP contribution in [0.15, 0.2) is 0 Å². The summed E-state index contributed by atoms with van der Waals surface area (Å²) in [5.41, 5.74) is 5.97. The Kier molecular flexibility index (Phi) is 3.68. The van der Waals surface area contributed by atoms with Gasteiger partial charge < -0.3 is 5.73 Å². The normalized spacial score (nSPS) is 32.6. The van der Waals surface area contributed by atoms with Gasteiger partial charge in [-0.15, -0.1) is 0 Å². The maximum absolute atomic E-state index is 5.97. The SMILES string of the molecule is CC(C)CN(C1CCC(N)CC1)C1CC1. The highest BCUT2D eigenvalue weighted by atomic mass is 15.2. The van der Waals surface area contributed by atoms with Gasteiger partial charge in [0.1, 0.15) is 0 Å². The second kappa shape index (κ2) is 4.84. The average Bonchev–Trinajstić information content (AvgIpc) is 2.99. The summed E-state index contributed by atoms with van der Waals surface area (Å²) in [6.45, 7) is 5.97. The van der Waals surface area contributed by atoms with Crippen molar-refractivity contribution < 1.29 is 0 Å². The first kappa shape index (κ1) is 11.4. The maximum atomic E-state index is 5.97. The van der Waals surface area contributed by atoms with Crippen LogP contribution < -0.4 is 5.73 Å². The molecule has 2 N–H and O–H groups in total. The zero-order valence-corrected chi connectivity index (χ0v) is 10.3. The minimum Gasteiger partial charge on any atom is -0.328 e. The largest absolute Gasteiger partial charge is 0.328 e. The summed E-state index contributed by atoms with van der Waals surface area (Å²) in [6, 6.07) is 2.26. The van der Waals surface area contributed by atoms with Crippen LogP contribution in [-0.4, -0.2) is 29.6 Å². The lowest BCUT2D eigenvalue weighted by atomic mass is 9.90. The monoisotopic (exact) mass is 210 g/mol. The molecule has 0 heterocycles. The van der Waals surface area contributed by atoms with E-state index < -0.39 is 0 Å². The van der Waals surface area contributed by atoms with Gasteiger partial charge in [-0.05, 0) is 44.4 Å². The van der Waals surface area contributed by atoms with Crippen molar-refractivity contribution in [2.45, 2.75) is 70.5 Å². The van der Waals surface area contributed by atoms with Gasteiger partial charge in [0.05, 0.1) is 0 Å². The molecule has 0 aromatic carbocycles. The van der Waals surface area contributed by atoms with E-state index in [2.05, 4.69) is 18.7 Å². The number of hydrogen-bond acceptors (Lipinski definition) is 2. The zero-order chi connectivity index (χ0) is 10.8. The minimum atomic E-state index is 0.487. The summed E-state index contributed by atoms with van der Waals surface area (Å²) in [6.07, 6.45) is 8.04. The van der Waals surface area contributed by atoms with E-state index in [0.29, 0.717) is 6.04 Å². The van der Waals surface area contributed by atoms with Crippen molar-refractivity contribution >= 4 is 0 Å². The second-order valence-corrected chi connectivity index (χ2v) is 5.89. The summed E-state index contributed by atoms with van der Waals surface area (Å²) in [4.78, 5) is 2.79. The standard InChI is InChI=1S/C13H26N2/c1-10(2)9-15(13-7-8-13)12-5-3-11(14)4-6-12/h10-13H,3-9,14H2,1-2H3. The van der Waals surface area contributed by atoms with E-state index in [-0.39, 0.29) is 0 Å². The third-order valence-corrected chi connectivity index (χ3v) is 3.80. The molecule has 2 heteroatoms. The van der Waals surface area contributed by atoms with Gasteiger partial charge in [0, 0.05) is 24.7 Å². The highest BCUT2D eigenvalue weighted by molar-refractivity contribution is 4.91. The lowest BCUT2D eigenvalue weighted by Gasteiger charge is -2.37. The van der Waals surface area contributed by atoms with Crippen molar-refractivity contribution in [3.8, 4) is 0 Å². The van der Waals surface area contributed by atoms with Crippen molar-refractivity contribution in [2.24, 2.45) is 11.7 Å². The Bertz CT molecular complexity index is 191. The number of nitrogens with zero attached hydrogens (tertiary/aromatic N) is 1. The van der Waals surface area contributed by atoms with Crippen LogP contribution in [0.2, 0.25) is 0 Å². The Labute approximate surface area is 94.2 Å². The molecular weight excluding hydrogens is 184 g/mol. The fourth-order valence-electron chi connectivity index (χ4n) is 2.86. The molecule has 2 aliphatic rings. The molecule has 0 aromatic rings. The molecule has 2 fully saturated rings. The van der Waals surface area contributed by atoms with Crippen molar-refractivity contribution in [1.82, 2.24) is 4.90 Å². The first-order valence-corrected chi connectivity index (χ1v) is 6.68. The van der Waals surface area contributed by atoms with Crippen molar-refractivity contribution in [1.29, 1.82) is 0 Å². The first-order chi connectivity index (χ1) is 7.16. The predicted octanol–water partition coefficient (Wildman–Crippen LogP) is 2.38. The Morgan fingerprint density at radius 2 is 1.47 bits per heavy atom. The minimum absolute atomic E-state index is 0.487. The molecule has 0 amide bonds. The van der Waals surface area contributed by atoms with Crippen molar-refractivity contribution in [3.63, 3.8) is 0 Å². The quantitative estimate of drug-likeness (QED) is 0.772. The molecule has 88 valence electrons. The van der Waals surface area contributed by atoms with Gasteiger partial charge in [0.25, 0.3) is 0 Å². The molecule has 0 radical (unpaired) electrons. The van der Waals surface area contributed by atoms with E-state index in [9.17, 15) is 0 Å². The predicted molar refractivity (Wildman–Crippen MR) is 64.8 cm³/mol. The van der Waals surface area contributed by atoms with E-state index in [4.69, 9.17) is 5.73 Å². The van der Waals surface area contributed by atoms with E-state index >= 15 is 0 Å². The van der Waals surface area contributed by atoms with Gasteiger partial charge in [-0.1, -0.05) is 13.8 Å². The van der Waals surface area contributed by atoms with Crippen LogP contribution in [-0.2, 0) is 0 Å². The van der Waals surface area contributed by atoms with Crippen LogP contribution in [0.4, 0.5) is 0 Å². The molecule has 2 saturated carbocycles. The van der Waals surface area contributed by atoms with Gasteiger partial charge in [-0.3, -0.25) is 4.90 Å². The third kappa shape index (κ3) is 3.18. The average molecular weight is 210 g/mol. The summed E-state index contributed by atoms with van der Waals surface area (Å²) >= 11 is 0. The van der Waals surface area contributed by atoms with Crippen molar-refractivity contribution in [3.05, 3.63) is 0 Å². The number of nitrogens with two attached hydrogens (primary N) is 1. The van der Waals surface area contributed by atoms with Crippen LogP contribution in [0.25, 0.3) is 0 Å². The third-order valence-electron chi connectivity index (χ3n) is 3.80. The van der Waals surface area contributed by atoms with Gasteiger partial charge in [-0.2, -0.15) is 0 Å². The van der Waals surface area contributed by atoms with E-state index in [1.165, 1.54) is 45.1 Å². The summed E-state index contributed by atoms with van der Waals surface area (Å²) in [5, 5.41) is 0. The zero-order valence-electron chi connectivity index (χ0n) is 10.3. The van der Waals surface area contributed by atoms with Gasteiger partial charge in [-0.25, -0.2) is 0 Å². The molecule has 0 spiro atoms. The van der Waals surface area contributed by atoms with Gasteiger partial charge in [0.15, 0.2) is 0 Å². The molecule has 2 rings (SSSR count). The fourth-order valence-corrected chi connectivity index (χ4v) is 2.86. The molecule has 15 heavy (non-hydrogen) atoms. The number of hydrogen-bond donors (Lipinski definition) is 1. The first-order valence-electron chi connectivity index (χ1n) is 6.68. The van der Waals surface area contributed by atoms with Crippen LogP contribution in [0.1, 0.15) is 52.4 Å². The van der Waals surface area contributed by atoms with E-state index in [1.54, 1.807) is 0 Å². The summed E-state index contributed by atoms with van der Waals surface area (Å²) in [7, 11) is 0. The molecule has 2 nitrogen and oxygen atoms in total. The Morgan fingerprint density at radius 3 is 1.87 bits per heavy atom. The number of rotatable bonds is 4. The Balaban J connectivity index is 1.86. The molecule has 2 aliphatic carbocycles. The molecular formula is C13H26N2. The van der Waals surface area contributed by atoms with Crippen LogP contribution in [0.5, 0.6) is 0 Å². The summed E-state index contributed by atoms with van der Waals surface area (Å²) < 4.78 is 0.